The Kier molecular flexibility index (Phi) is 5.87. The zero-order valence-corrected chi connectivity index (χ0v) is 20.3. The molecule has 9 heteroatoms. The van der Waals surface area contributed by atoms with E-state index in [1.807, 2.05) is 6.92 Å². The second kappa shape index (κ2) is 8.25. The molecule has 0 amide bonds. The van der Waals surface area contributed by atoms with Crippen molar-refractivity contribution in [1.82, 2.24) is 14.6 Å². The number of hydrogen-bond acceptors (Lipinski definition) is 5. The molecule has 1 aliphatic rings. The van der Waals surface area contributed by atoms with Crippen molar-refractivity contribution in [1.29, 1.82) is 0 Å². The summed E-state index contributed by atoms with van der Waals surface area (Å²) in [7, 11) is 0. The number of aromatic nitrogens is 3. The van der Waals surface area contributed by atoms with E-state index < -0.39 is 23.5 Å². The van der Waals surface area contributed by atoms with Crippen LogP contribution in [-0.2, 0) is 16.0 Å². The first-order valence-electron chi connectivity index (χ1n) is 10.8. The van der Waals surface area contributed by atoms with Gasteiger partial charge in [0.1, 0.15) is 5.02 Å². The van der Waals surface area contributed by atoms with Gasteiger partial charge in [-0.05, 0) is 66.0 Å². The fourth-order valence-electron chi connectivity index (χ4n) is 4.32. The number of carboxylic acids is 1. The van der Waals surface area contributed by atoms with E-state index in [1.165, 1.54) is 10.6 Å². The van der Waals surface area contributed by atoms with Gasteiger partial charge in [0.25, 0.3) is 0 Å². The van der Waals surface area contributed by atoms with Gasteiger partial charge in [-0.1, -0.05) is 11.6 Å². The molecule has 0 saturated heterocycles. The van der Waals surface area contributed by atoms with Gasteiger partial charge >= 0.3 is 5.97 Å². The molecule has 3 aromatic rings. The van der Waals surface area contributed by atoms with Crippen molar-refractivity contribution >= 4 is 23.2 Å². The lowest BCUT2D eigenvalue weighted by atomic mass is 9.91. The van der Waals surface area contributed by atoms with Crippen LogP contribution in [-0.4, -0.2) is 37.9 Å². The smallest absolute Gasteiger partial charge is 0.337 e. The first kappa shape index (κ1) is 23.4. The van der Waals surface area contributed by atoms with Crippen LogP contribution in [0.3, 0.4) is 0 Å². The van der Waals surface area contributed by atoms with Crippen LogP contribution in [0, 0.1) is 26.6 Å². The molecular formula is C24H27ClFN3O4. The second-order valence-corrected chi connectivity index (χ2v) is 9.71. The van der Waals surface area contributed by atoms with Crippen molar-refractivity contribution in [2.75, 3.05) is 6.61 Å². The molecule has 1 N–H and O–H groups in total. The van der Waals surface area contributed by atoms with Crippen LogP contribution >= 0.6 is 11.6 Å². The number of halogens is 2. The molecule has 7 nitrogen and oxygen atoms in total. The highest BCUT2D eigenvalue weighted by molar-refractivity contribution is 6.34. The zero-order valence-electron chi connectivity index (χ0n) is 19.5. The average molecular weight is 476 g/mol. The molecule has 33 heavy (non-hydrogen) atoms. The van der Waals surface area contributed by atoms with Gasteiger partial charge in [0.15, 0.2) is 23.3 Å². The predicted molar refractivity (Wildman–Crippen MR) is 123 cm³/mol. The number of carboxylic acid groups (broad SMARTS) is 1. The van der Waals surface area contributed by atoms with E-state index in [0.717, 1.165) is 17.5 Å². The van der Waals surface area contributed by atoms with E-state index in [-0.39, 0.29) is 5.75 Å². The summed E-state index contributed by atoms with van der Waals surface area (Å²) >= 11 is 6.47. The molecule has 1 aliphatic heterocycles. The molecule has 1 unspecified atom stereocenters. The Bertz CT molecular complexity index is 1280. The quantitative estimate of drug-likeness (QED) is 0.545. The third-order valence-corrected chi connectivity index (χ3v) is 6.19. The van der Waals surface area contributed by atoms with Gasteiger partial charge < -0.3 is 14.6 Å². The summed E-state index contributed by atoms with van der Waals surface area (Å²) in [5.41, 5.74) is 3.34. The normalized spacial score (nSPS) is 14.8. The average Bonchev–Trinajstić information content (AvgIpc) is 3.01. The topological polar surface area (TPSA) is 86.0 Å². The molecule has 1 aromatic carbocycles. The van der Waals surface area contributed by atoms with E-state index in [1.54, 1.807) is 34.6 Å². The predicted octanol–water partition coefficient (Wildman–Crippen LogP) is 5.38. The largest absolute Gasteiger partial charge is 0.490 e. The highest BCUT2D eigenvalue weighted by atomic mass is 35.5. The fourth-order valence-corrected chi connectivity index (χ4v) is 4.48. The van der Waals surface area contributed by atoms with E-state index in [0.29, 0.717) is 51.9 Å². The number of rotatable bonds is 4. The van der Waals surface area contributed by atoms with E-state index in [2.05, 4.69) is 10.1 Å². The Morgan fingerprint density at radius 1 is 1.30 bits per heavy atom. The Morgan fingerprint density at radius 2 is 2.00 bits per heavy atom. The van der Waals surface area contributed by atoms with Crippen LogP contribution in [0.4, 0.5) is 4.39 Å². The maximum absolute atomic E-state index is 15.2. The summed E-state index contributed by atoms with van der Waals surface area (Å²) in [6.45, 7) is 11.1. The maximum Gasteiger partial charge on any atom is 0.337 e. The summed E-state index contributed by atoms with van der Waals surface area (Å²) in [5.74, 6) is -1.43. The molecule has 1 atom stereocenters. The van der Waals surface area contributed by atoms with E-state index >= 15 is 4.39 Å². The fraction of sp³-hybridized carbons (Fsp3) is 0.458. The van der Waals surface area contributed by atoms with Crippen LogP contribution < -0.4 is 4.74 Å². The Hall–Kier alpha value is -2.71. The number of carbonyl (C=O) groups is 1. The molecule has 176 valence electrons. The summed E-state index contributed by atoms with van der Waals surface area (Å²) in [6.07, 6.45) is 0.0788. The van der Waals surface area contributed by atoms with Crippen LogP contribution in [0.1, 0.15) is 61.4 Å². The Morgan fingerprint density at radius 3 is 2.64 bits per heavy atom. The minimum absolute atomic E-state index is 0.251. The molecule has 0 spiro atoms. The number of nitrogens with zero attached hydrogens (tertiary/aromatic N) is 3. The lowest BCUT2D eigenvalue weighted by Gasteiger charge is -2.28. The molecule has 2 aromatic heterocycles. The summed E-state index contributed by atoms with van der Waals surface area (Å²) in [5, 5.41) is 15.0. The van der Waals surface area contributed by atoms with Gasteiger partial charge in [0.05, 0.1) is 23.6 Å². The third kappa shape index (κ3) is 4.06. The number of aliphatic carboxylic acids is 1. The van der Waals surface area contributed by atoms with Gasteiger partial charge in [-0.2, -0.15) is 5.10 Å². The minimum atomic E-state index is -1.35. The van der Waals surface area contributed by atoms with Crippen molar-refractivity contribution in [3.8, 4) is 17.0 Å². The van der Waals surface area contributed by atoms with Gasteiger partial charge in [0, 0.05) is 22.4 Å². The van der Waals surface area contributed by atoms with Crippen molar-refractivity contribution in [2.24, 2.45) is 0 Å². The number of fused-ring (bicyclic) bond motifs is 2. The van der Waals surface area contributed by atoms with E-state index in [9.17, 15) is 9.90 Å². The molecule has 0 saturated carbocycles. The van der Waals surface area contributed by atoms with E-state index in [4.69, 9.17) is 21.1 Å². The van der Waals surface area contributed by atoms with Crippen LogP contribution in [0.2, 0.25) is 5.02 Å². The van der Waals surface area contributed by atoms with Crippen LogP contribution in [0.5, 0.6) is 5.75 Å². The first-order valence-corrected chi connectivity index (χ1v) is 11.2. The van der Waals surface area contributed by atoms with Crippen molar-refractivity contribution < 1.29 is 23.8 Å². The molecule has 0 fully saturated rings. The molecule has 3 heterocycles. The summed E-state index contributed by atoms with van der Waals surface area (Å²) in [6, 6.07) is 1.37. The molecule has 4 rings (SSSR count). The molecular weight excluding hydrogens is 449 g/mol. The number of aryl methyl sites for hydroxylation is 2. The first-order chi connectivity index (χ1) is 15.4. The van der Waals surface area contributed by atoms with Gasteiger partial charge in [-0.25, -0.2) is 18.7 Å². The second-order valence-electron chi connectivity index (χ2n) is 9.33. The Labute approximate surface area is 196 Å². The number of ether oxygens (including phenoxy) is 2. The minimum Gasteiger partial charge on any atom is -0.490 e. The van der Waals surface area contributed by atoms with Gasteiger partial charge in [-0.3, -0.25) is 0 Å². The SMILES string of the molecule is Cc1nc2c(Cl)c(C)nn2c(-c2cc(F)c3c(c2C)CCCO3)c1C(OC(C)(C)C)C(=O)O. The van der Waals surface area contributed by atoms with Crippen molar-refractivity contribution in [2.45, 2.75) is 66.1 Å². The van der Waals surface area contributed by atoms with Gasteiger partial charge in [0.2, 0.25) is 0 Å². The number of benzene rings is 1. The lowest BCUT2D eigenvalue weighted by Crippen LogP contribution is -2.29. The highest BCUT2D eigenvalue weighted by Gasteiger charge is 2.35. The Balaban J connectivity index is 2.13. The van der Waals surface area contributed by atoms with Crippen LogP contribution in [0.15, 0.2) is 6.07 Å². The standard InChI is InChI=1S/C24H27ClFN3O4/c1-11-14-8-7-9-32-20(14)16(26)10-15(11)19-17(21(23(30)31)33-24(4,5)6)12(2)27-22-18(25)13(3)28-29(19)22/h10,21H,7-9H2,1-6H3,(H,30,31). The highest BCUT2D eigenvalue weighted by Crippen LogP contribution is 2.42. The van der Waals surface area contributed by atoms with Crippen LogP contribution in [0.25, 0.3) is 16.9 Å². The number of hydrogen-bond donors (Lipinski definition) is 1. The summed E-state index contributed by atoms with van der Waals surface area (Å²) < 4.78 is 28.3. The zero-order chi connectivity index (χ0) is 24.2. The van der Waals surface area contributed by atoms with Crippen molar-refractivity contribution in [3.63, 3.8) is 0 Å². The van der Waals surface area contributed by atoms with Gasteiger partial charge in [-0.15, -0.1) is 0 Å². The third-order valence-electron chi connectivity index (χ3n) is 5.74. The van der Waals surface area contributed by atoms with Crippen molar-refractivity contribution in [3.05, 3.63) is 45.0 Å². The summed E-state index contributed by atoms with van der Waals surface area (Å²) in [4.78, 5) is 17.0. The maximum atomic E-state index is 15.2. The molecule has 0 radical (unpaired) electrons. The monoisotopic (exact) mass is 475 g/mol. The molecule has 0 bridgehead atoms. The molecule has 0 aliphatic carbocycles. The lowest BCUT2D eigenvalue weighted by molar-refractivity contribution is -0.160.